The highest BCUT2D eigenvalue weighted by Crippen LogP contribution is 2.54. The second kappa shape index (κ2) is 4.16. The van der Waals surface area contributed by atoms with Crippen molar-refractivity contribution in [2.45, 2.75) is 43.4 Å². The van der Waals surface area contributed by atoms with Gasteiger partial charge in [0.15, 0.2) is 0 Å². The van der Waals surface area contributed by atoms with E-state index in [-0.39, 0.29) is 17.4 Å². The number of hydrogen-bond donors (Lipinski definition) is 1. The molecule has 104 valence electrons. The molecule has 1 aromatic heterocycles. The van der Waals surface area contributed by atoms with Crippen molar-refractivity contribution < 1.29 is 4.79 Å². The number of piperidine rings is 1. The van der Waals surface area contributed by atoms with Crippen LogP contribution in [0.1, 0.15) is 25.0 Å². The molecule has 1 aromatic rings. The molecule has 4 heterocycles. The number of amides is 1. The van der Waals surface area contributed by atoms with Gasteiger partial charge in [0, 0.05) is 24.2 Å². The first-order valence-corrected chi connectivity index (χ1v) is 7.39. The van der Waals surface area contributed by atoms with Crippen LogP contribution in [0.3, 0.4) is 0 Å². The van der Waals surface area contributed by atoms with Crippen LogP contribution in [-0.4, -0.2) is 33.4 Å². The molecular weight excluding hydrogens is 250 g/mol. The van der Waals surface area contributed by atoms with E-state index in [1.54, 1.807) is 6.20 Å². The average molecular weight is 269 g/mol. The van der Waals surface area contributed by atoms with Gasteiger partial charge in [-0.1, -0.05) is 18.6 Å². The van der Waals surface area contributed by atoms with Gasteiger partial charge in [0.2, 0.25) is 0 Å². The van der Waals surface area contributed by atoms with E-state index in [4.69, 9.17) is 0 Å². The molecule has 0 aromatic carbocycles. The van der Waals surface area contributed by atoms with Crippen molar-refractivity contribution in [3.05, 3.63) is 42.7 Å². The molecule has 4 atom stereocenters. The first-order valence-electron chi connectivity index (χ1n) is 7.39. The minimum absolute atomic E-state index is 0.242. The lowest BCUT2D eigenvalue weighted by Gasteiger charge is -2.21. The number of nitrogens with zero attached hydrogens (tertiary/aromatic N) is 2. The predicted molar refractivity (Wildman–Crippen MR) is 75.8 cm³/mol. The zero-order valence-electron chi connectivity index (χ0n) is 11.5. The Kier molecular flexibility index (Phi) is 2.51. The molecule has 1 spiro atoms. The van der Waals surface area contributed by atoms with Crippen molar-refractivity contribution in [3.63, 3.8) is 0 Å². The summed E-state index contributed by atoms with van der Waals surface area (Å²) in [6, 6.07) is 6.57. The predicted octanol–water partition coefficient (Wildman–Crippen LogP) is 1.49. The molecule has 4 nitrogen and oxygen atoms in total. The van der Waals surface area contributed by atoms with Crippen molar-refractivity contribution in [3.8, 4) is 0 Å². The number of nitrogens with one attached hydrogen (secondary N) is 1. The Morgan fingerprint density at radius 2 is 2.40 bits per heavy atom. The Hall–Kier alpha value is -1.68. The van der Waals surface area contributed by atoms with Gasteiger partial charge in [0.05, 0.1) is 12.2 Å². The van der Waals surface area contributed by atoms with Crippen LogP contribution in [0.5, 0.6) is 0 Å². The summed E-state index contributed by atoms with van der Waals surface area (Å²) < 4.78 is 0. The Balaban J connectivity index is 1.64. The molecule has 3 unspecified atom stereocenters. The van der Waals surface area contributed by atoms with Gasteiger partial charge in [0.1, 0.15) is 5.54 Å². The van der Waals surface area contributed by atoms with Crippen LogP contribution in [0, 0.1) is 5.92 Å². The lowest BCUT2D eigenvalue weighted by molar-refractivity contribution is -0.114. The summed E-state index contributed by atoms with van der Waals surface area (Å²) >= 11 is 0. The lowest BCUT2D eigenvalue weighted by atomic mass is 9.87. The van der Waals surface area contributed by atoms with Gasteiger partial charge in [-0.25, -0.2) is 0 Å². The summed E-state index contributed by atoms with van der Waals surface area (Å²) in [5.74, 6) is 0.515. The van der Waals surface area contributed by atoms with Gasteiger partial charge in [-0.15, -0.1) is 6.58 Å². The van der Waals surface area contributed by atoms with E-state index in [1.807, 2.05) is 29.2 Å². The maximum absolute atomic E-state index is 12.6. The third kappa shape index (κ3) is 1.40. The maximum atomic E-state index is 12.6. The molecule has 4 heteroatoms. The zero-order valence-corrected chi connectivity index (χ0v) is 11.5. The maximum Gasteiger partial charge on any atom is 0.252 e. The number of pyridine rings is 1. The van der Waals surface area contributed by atoms with Crippen LogP contribution in [0.25, 0.3) is 0 Å². The molecule has 4 rings (SSSR count). The van der Waals surface area contributed by atoms with E-state index in [9.17, 15) is 4.79 Å². The highest BCUT2D eigenvalue weighted by molar-refractivity contribution is 6.04. The molecule has 3 aliphatic rings. The van der Waals surface area contributed by atoms with Crippen LogP contribution in [0.4, 0.5) is 0 Å². The fourth-order valence-electron chi connectivity index (χ4n) is 4.30. The SMILES string of the molecule is C=C[C@@H]1C2CCCC(N2)C12C(=O)N2Cc1ccccn1. The molecule has 0 aliphatic carbocycles. The highest BCUT2D eigenvalue weighted by Gasteiger charge is 2.74. The Morgan fingerprint density at radius 1 is 1.50 bits per heavy atom. The number of fused-ring (bicyclic) bond motifs is 3. The standard InChI is InChI=1S/C16H19N3O/c1-2-12-13-7-5-8-14(18-13)16(12)15(20)19(16)10-11-6-3-4-9-17-11/h2-4,6,9,12-14,18H,1,5,7-8,10H2/t12-,13?,14?,16?,19?/m1/s1. The number of carbonyl (C=O) groups is 1. The van der Waals surface area contributed by atoms with Gasteiger partial charge in [-0.2, -0.15) is 0 Å². The first-order chi connectivity index (χ1) is 9.78. The zero-order chi connectivity index (χ0) is 13.7. The number of carbonyl (C=O) groups excluding carboxylic acids is 1. The second-order valence-corrected chi connectivity index (χ2v) is 6.06. The van der Waals surface area contributed by atoms with Crippen molar-refractivity contribution in [1.82, 2.24) is 15.2 Å². The van der Waals surface area contributed by atoms with Crippen molar-refractivity contribution >= 4 is 5.91 Å². The van der Waals surface area contributed by atoms with Crippen LogP contribution >= 0.6 is 0 Å². The Morgan fingerprint density at radius 3 is 3.15 bits per heavy atom. The fraction of sp³-hybridized carbons (Fsp3) is 0.500. The van der Waals surface area contributed by atoms with Gasteiger partial charge < -0.3 is 10.2 Å². The molecule has 0 saturated carbocycles. The van der Waals surface area contributed by atoms with E-state index >= 15 is 0 Å². The smallest absolute Gasteiger partial charge is 0.252 e. The van der Waals surface area contributed by atoms with E-state index in [0.29, 0.717) is 18.6 Å². The molecule has 0 radical (unpaired) electrons. The van der Waals surface area contributed by atoms with Crippen molar-refractivity contribution in [1.29, 1.82) is 0 Å². The lowest BCUT2D eigenvalue weighted by Crippen LogP contribution is -2.40. The second-order valence-electron chi connectivity index (χ2n) is 6.06. The minimum Gasteiger partial charge on any atom is -0.318 e. The van der Waals surface area contributed by atoms with Crippen molar-refractivity contribution in [2.75, 3.05) is 0 Å². The minimum atomic E-state index is -0.333. The van der Waals surface area contributed by atoms with Crippen LogP contribution in [0.15, 0.2) is 37.1 Å². The molecule has 3 saturated heterocycles. The summed E-state index contributed by atoms with van der Waals surface area (Å²) in [6.07, 6.45) is 7.22. The average Bonchev–Trinajstić information content (AvgIpc) is 2.98. The number of aromatic nitrogens is 1. The van der Waals surface area contributed by atoms with E-state index < -0.39 is 0 Å². The topological polar surface area (TPSA) is 45.0 Å². The molecular formula is C16H19N3O. The fourth-order valence-corrected chi connectivity index (χ4v) is 4.30. The molecule has 3 fully saturated rings. The molecule has 3 aliphatic heterocycles. The van der Waals surface area contributed by atoms with Crippen LogP contribution < -0.4 is 5.32 Å². The third-order valence-electron chi connectivity index (χ3n) is 5.18. The quantitative estimate of drug-likeness (QED) is 0.668. The first kappa shape index (κ1) is 12.1. The molecule has 2 bridgehead atoms. The summed E-state index contributed by atoms with van der Waals surface area (Å²) in [5.41, 5.74) is 0.627. The Labute approximate surface area is 118 Å². The van der Waals surface area contributed by atoms with Crippen LogP contribution in [0.2, 0.25) is 0 Å². The van der Waals surface area contributed by atoms with Crippen LogP contribution in [-0.2, 0) is 11.3 Å². The number of rotatable bonds is 3. The highest BCUT2D eigenvalue weighted by atomic mass is 16.2. The van der Waals surface area contributed by atoms with Gasteiger partial charge in [0.25, 0.3) is 5.91 Å². The summed E-state index contributed by atoms with van der Waals surface area (Å²) in [5, 5.41) is 3.64. The van der Waals surface area contributed by atoms with E-state index in [1.165, 1.54) is 6.42 Å². The summed E-state index contributed by atoms with van der Waals surface area (Å²) in [4.78, 5) is 18.9. The normalized spacial score (nSPS) is 38.3. The monoisotopic (exact) mass is 269 g/mol. The van der Waals surface area contributed by atoms with E-state index in [2.05, 4.69) is 16.9 Å². The Bertz CT molecular complexity index is 558. The summed E-state index contributed by atoms with van der Waals surface area (Å²) in [7, 11) is 0. The van der Waals surface area contributed by atoms with Crippen molar-refractivity contribution in [2.24, 2.45) is 5.92 Å². The molecule has 1 amide bonds. The molecule has 20 heavy (non-hydrogen) atoms. The number of hydrogen-bond acceptors (Lipinski definition) is 3. The van der Waals surface area contributed by atoms with Gasteiger partial charge in [-0.05, 0) is 25.0 Å². The third-order valence-corrected chi connectivity index (χ3v) is 5.18. The largest absolute Gasteiger partial charge is 0.318 e. The van der Waals surface area contributed by atoms with Gasteiger partial charge in [-0.3, -0.25) is 9.78 Å². The van der Waals surface area contributed by atoms with Gasteiger partial charge >= 0.3 is 0 Å². The summed E-state index contributed by atoms with van der Waals surface area (Å²) in [6.45, 7) is 4.60. The van der Waals surface area contributed by atoms with E-state index in [0.717, 1.165) is 18.5 Å². The molecule has 1 N–H and O–H groups in total.